The third kappa shape index (κ3) is 1.81. The van der Waals surface area contributed by atoms with Crippen LogP contribution in [0.25, 0.3) is 0 Å². The molecule has 21 heavy (non-hydrogen) atoms. The molecule has 2 aliphatic carbocycles. The number of rotatable bonds is 0. The summed E-state index contributed by atoms with van der Waals surface area (Å²) in [6.07, 6.45) is 3.64. The SMILES string of the molecule is CC#Cc1c2c(nn1C)[C@@]1(C)CCC(=O)C(C)(C)[C@@H]1CC2. The van der Waals surface area contributed by atoms with Crippen molar-refractivity contribution in [3.05, 3.63) is 17.0 Å². The number of fused-ring (bicyclic) bond motifs is 3. The van der Waals surface area contributed by atoms with E-state index in [1.54, 1.807) is 0 Å². The molecule has 1 aromatic heterocycles. The van der Waals surface area contributed by atoms with Crippen LogP contribution >= 0.6 is 0 Å². The number of carbonyl (C=O) groups is 1. The van der Waals surface area contributed by atoms with Crippen molar-refractivity contribution >= 4 is 5.78 Å². The maximum Gasteiger partial charge on any atom is 0.138 e. The van der Waals surface area contributed by atoms with Gasteiger partial charge in [0.1, 0.15) is 11.5 Å². The first kappa shape index (κ1) is 14.4. The largest absolute Gasteiger partial charge is 0.299 e. The fourth-order valence-electron chi connectivity index (χ4n) is 4.65. The molecule has 1 heterocycles. The lowest BCUT2D eigenvalue weighted by Crippen LogP contribution is -2.52. The molecule has 0 saturated heterocycles. The summed E-state index contributed by atoms with van der Waals surface area (Å²) in [5, 5.41) is 4.82. The summed E-state index contributed by atoms with van der Waals surface area (Å²) in [6.45, 7) is 8.42. The third-order valence-electron chi connectivity index (χ3n) is 5.84. The molecule has 0 N–H and O–H groups in total. The number of hydrogen-bond donors (Lipinski definition) is 0. The summed E-state index contributed by atoms with van der Waals surface area (Å²) in [5.74, 6) is 7.01. The molecule has 0 amide bonds. The smallest absolute Gasteiger partial charge is 0.138 e. The monoisotopic (exact) mass is 284 g/mol. The van der Waals surface area contributed by atoms with Crippen LogP contribution in [0.15, 0.2) is 0 Å². The standard InChI is InChI=1S/C18H24N2O/c1-6-7-13-12-8-9-14-17(2,3)15(21)10-11-18(14,4)16(12)19-20(13)5/h14H,8-11H2,1-5H3/t14-,18-/m0/s1. The van der Waals surface area contributed by atoms with Crippen LogP contribution in [0.1, 0.15) is 63.9 Å². The van der Waals surface area contributed by atoms with Gasteiger partial charge in [-0.25, -0.2) is 0 Å². The topological polar surface area (TPSA) is 34.9 Å². The van der Waals surface area contributed by atoms with Crippen molar-refractivity contribution in [1.82, 2.24) is 9.78 Å². The lowest BCUT2D eigenvalue weighted by atomic mass is 9.51. The zero-order chi connectivity index (χ0) is 15.4. The summed E-state index contributed by atoms with van der Waals surface area (Å²) in [4.78, 5) is 12.4. The van der Waals surface area contributed by atoms with Crippen LogP contribution in [-0.4, -0.2) is 15.6 Å². The number of Topliss-reactive ketones (excluding diaryl/α,β-unsaturated/α-hetero) is 1. The molecule has 3 heteroatoms. The van der Waals surface area contributed by atoms with E-state index in [9.17, 15) is 4.79 Å². The minimum atomic E-state index is -0.237. The second kappa shape index (κ2) is 4.47. The molecule has 1 fully saturated rings. The zero-order valence-corrected chi connectivity index (χ0v) is 13.7. The minimum Gasteiger partial charge on any atom is -0.299 e. The quantitative estimate of drug-likeness (QED) is 0.686. The van der Waals surface area contributed by atoms with Gasteiger partial charge >= 0.3 is 0 Å². The Morgan fingerprint density at radius 1 is 1.29 bits per heavy atom. The van der Waals surface area contributed by atoms with Crippen molar-refractivity contribution in [2.45, 2.75) is 58.8 Å². The Morgan fingerprint density at radius 3 is 2.67 bits per heavy atom. The molecule has 0 bridgehead atoms. The van der Waals surface area contributed by atoms with Gasteiger partial charge < -0.3 is 0 Å². The molecule has 2 aliphatic rings. The van der Waals surface area contributed by atoms with E-state index in [1.165, 1.54) is 11.3 Å². The first-order chi connectivity index (χ1) is 9.82. The summed E-state index contributed by atoms with van der Waals surface area (Å²) in [6, 6.07) is 0. The Kier molecular flexibility index (Phi) is 3.06. The van der Waals surface area contributed by atoms with E-state index in [0.717, 1.165) is 25.0 Å². The van der Waals surface area contributed by atoms with Crippen LogP contribution in [-0.2, 0) is 23.7 Å². The van der Waals surface area contributed by atoms with Gasteiger partial charge in [-0.3, -0.25) is 9.48 Å². The van der Waals surface area contributed by atoms with Crippen molar-refractivity contribution in [2.24, 2.45) is 18.4 Å². The van der Waals surface area contributed by atoms with Gasteiger partial charge in [0.2, 0.25) is 0 Å². The Balaban J connectivity index is 2.16. The van der Waals surface area contributed by atoms with Crippen molar-refractivity contribution < 1.29 is 4.79 Å². The molecule has 3 nitrogen and oxygen atoms in total. The van der Waals surface area contributed by atoms with E-state index in [2.05, 4.69) is 32.6 Å². The second-order valence-corrected chi connectivity index (χ2v) is 7.33. The highest BCUT2D eigenvalue weighted by Gasteiger charge is 2.55. The molecule has 3 rings (SSSR count). The number of ketones is 1. The number of aryl methyl sites for hydroxylation is 1. The molecule has 0 unspecified atom stereocenters. The number of hydrogen-bond acceptors (Lipinski definition) is 2. The van der Waals surface area contributed by atoms with E-state index in [1.807, 2.05) is 18.7 Å². The molecule has 1 saturated carbocycles. The second-order valence-electron chi connectivity index (χ2n) is 7.33. The van der Waals surface area contributed by atoms with E-state index in [4.69, 9.17) is 5.10 Å². The van der Waals surface area contributed by atoms with Crippen LogP contribution < -0.4 is 0 Å². The van der Waals surface area contributed by atoms with Crippen LogP contribution in [0.5, 0.6) is 0 Å². The highest BCUT2D eigenvalue weighted by atomic mass is 16.1. The Bertz CT molecular complexity index is 671. The van der Waals surface area contributed by atoms with Crippen LogP contribution in [0.4, 0.5) is 0 Å². The van der Waals surface area contributed by atoms with Gasteiger partial charge in [-0.05, 0) is 38.0 Å². The van der Waals surface area contributed by atoms with Crippen molar-refractivity contribution in [3.8, 4) is 11.8 Å². The van der Waals surface area contributed by atoms with Crippen molar-refractivity contribution in [2.75, 3.05) is 0 Å². The predicted octanol–water partition coefficient (Wildman–Crippen LogP) is 3.00. The van der Waals surface area contributed by atoms with Crippen molar-refractivity contribution in [3.63, 3.8) is 0 Å². The molecular weight excluding hydrogens is 260 g/mol. The Hall–Kier alpha value is -1.56. The van der Waals surface area contributed by atoms with Crippen LogP contribution in [0.2, 0.25) is 0 Å². The van der Waals surface area contributed by atoms with E-state index in [-0.39, 0.29) is 10.8 Å². The van der Waals surface area contributed by atoms with Gasteiger partial charge in [-0.15, -0.1) is 0 Å². The number of carbonyl (C=O) groups excluding carboxylic acids is 1. The molecule has 0 radical (unpaired) electrons. The average Bonchev–Trinajstić information content (AvgIpc) is 2.74. The van der Waals surface area contributed by atoms with Gasteiger partial charge in [0, 0.05) is 29.9 Å². The minimum absolute atomic E-state index is 0.0103. The number of aromatic nitrogens is 2. The maximum atomic E-state index is 12.4. The normalized spacial score (nSPS) is 30.1. The summed E-state index contributed by atoms with van der Waals surface area (Å²) in [7, 11) is 1.98. The van der Waals surface area contributed by atoms with Crippen molar-refractivity contribution in [1.29, 1.82) is 0 Å². The van der Waals surface area contributed by atoms with E-state index < -0.39 is 0 Å². The number of nitrogens with zero attached hydrogens (tertiary/aromatic N) is 2. The van der Waals surface area contributed by atoms with Crippen LogP contribution in [0, 0.1) is 23.2 Å². The Labute approximate surface area is 127 Å². The van der Waals surface area contributed by atoms with Gasteiger partial charge in [0.15, 0.2) is 0 Å². The fourth-order valence-corrected chi connectivity index (χ4v) is 4.65. The third-order valence-corrected chi connectivity index (χ3v) is 5.84. The molecule has 0 aromatic carbocycles. The molecule has 1 aromatic rings. The lowest BCUT2D eigenvalue weighted by Gasteiger charge is -2.51. The lowest BCUT2D eigenvalue weighted by molar-refractivity contribution is -0.137. The predicted molar refractivity (Wildman–Crippen MR) is 82.9 cm³/mol. The first-order valence-corrected chi connectivity index (χ1v) is 7.84. The molecular formula is C18H24N2O. The fraction of sp³-hybridized carbons (Fsp3) is 0.667. The molecule has 2 atom stereocenters. The Morgan fingerprint density at radius 2 is 2.00 bits per heavy atom. The summed E-state index contributed by atoms with van der Waals surface area (Å²) >= 11 is 0. The van der Waals surface area contributed by atoms with Crippen LogP contribution in [0.3, 0.4) is 0 Å². The van der Waals surface area contributed by atoms with Gasteiger partial charge in [0.25, 0.3) is 0 Å². The zero-order valence-electron chi connectivity index (χ0n) is 13.7. The van der Waals surface area contributed by atoms with Gasteiger partial charge in [-0.2, -0.15) is 5.10 Å². The summed E-state index contributed by atoms with van der Waals surface area (Å²) < 4.78 is 1.93. The molecule has 112 valence electrons. The van der Waals surface area contributed by atoms with E-state index in [0.29, 0.717) is 18.1 Å². The summed E-state index contributed by atoms with van der Waals surface area (Å²) in [5.41, 5.74) is 3.34. The van der Waals surface area contributed by atoms with Gasteiger partial charge in [-0.1, -0.05) is 26.7 Å². The average molecular weight is 284 g/mol. The highest BCUT2D eigenvalue weighted by molar-refractivity contribution is 5.86. The molecule has 0 aliphatic heterocycles. The highest BCUT2D eigenvalue weighted by Crippen LogP contribution is 2.55. The molecule has 0 spiro atoms. The van der Waals surface area contributed by atoms with E-state index >= 15 is 0 Å². The maximum absolute atomic E-state index is 12.4. The van der Waals surface area contributed by atoms with Gasteiger partial charge in [0.05, 0.1) is 5.69 Å². The first-order valence-electron chi connectivity index (χ1n) is 7.84.